The van der Waals surface area contributed by atoms with Gasteiger partial charge in [-0.2, -0.15) is 0 Å². The third-order valence-electron chi connectivity index (χ3n) is 1.91. The molecule has 0 spiro atoms. The van der Waals surface area contributed by atoms with Crippen LogP contribution in [0, 0.1) is 0 Å². The molecule has 6 nitrogen and oxygen atoms in total. The smallest absolute Gasteiger partial charge is 0.374 e. The number of ether oxygens (including phenoxy) is 2. The number of nitrogens with zero attached hydrogens (tertiary/aromatic N) is 1. The molecule has 0 amide bonds. The van der Waals surface area contributed by atoms with Crippen LogP contribution in [-0.2, 0) is 4.74 Å². The summed E-state index contributed by atoms with van der Waals surface area (Å²) in [5.74, 6) is -1.21. The Morgan fingerprint density at radius 2 is 2.57 bits per heavy atom. The summed E-state index contributed by atoms with van der Waals surface area (Å²) in [7, 11) is 0. The van der Waals surface area contributed by atoms with E-state index in [1.165, 1.54) is 6.07 Å². The molecule has 1 aromatic heterocycles. The first-order valence-electron chi connectivity index (χ1n) is 4.20. The molecule has 0 aliphatic carbocycles. The number of carboxylic acids is 1. The molecule has 76 valence electrons. The van der Waals surface area contributed by atoms with Gasteiger partial charge < -0.3 is 19.1 Å². The molecule has 1 saturated heterocycles. The van der Waals surface area contributed by atoms with Crippen molar-refractivity contribution in [1.82, 2.24) is 5.16 Å². The lowest BCUT2D eigenvalue weighted by molar-refractivity contribution is -0.0730. The molecular weight excluding hydrogens is 190 g/mol. The number of carbonyl (C=O) groups is 1. The van der Waals surface area contributed by atoms with Gasteiger partial charge in [-0.15, -0.1) is 0 Å². The zero-order valence-corrected chi connectivity index (χ0v) is 7.30. The lowest BCUT2D eigenvalue weighted by Crippen LogP contribution is -2.32. The van der Waals surface area contributed by atoms with Crippen LogP contribution in [0.3, 0.4) is 0 Å². The van der Waals surface area contributed by atoms with Crippen molar-refractivity contribution in [3.63, 3.8) is 0 Å². The normalized spacial score (nSPS) is 20.1. The van der Waals surface area contributed by atoms with Crippen molar-refractivity contribution < 1.29 is 23.9 Å². The van der Waals surface area contributed by atoms with Crippen LogP contribution in [0.15, 0.2) is 10.6 Å². The number of rotatable bonds is 4. The van der Waals surface area contributed by atoms with Crippen molar-refractivity contribution in [2.24, 2.45) is 0 Å². The molecule has 1 aromatic rings. The van der Waals surface area contributed by atoms with E-state index in [1.807, 2.05) is 0 Å². The monoisotopic (exact) mass is 199 g/mol. The molecule has 6 heteroatoms. The molecular formula is C8H9NO5. The Hall–Kier alpha value is -1.56. The van der Waals surface area contributed by atoms with E-state index in [9.17, 15) is 4.79 Å². The first kappa shape index (κ1) is 9.01. The lowest BCUT2D eigenvalue weighted by atomic mass is 10.2. The molecule has 0 aromatic carbocycles. The molecule has 1 atom stereocenters. The maximum atomic E-state index is 10.4. The molecule has 1 unspecified atom stereocenters. The fourth-order valence-electron chi connectivity index (χ4n) is 1.02. The molecule has 14 heavy (non-hydrogen) atoms. The Kier molecular flexibility index (Phi) is 2.36. The van der Waals surface area contributed by atoms with Gasteiger partial charge in [-0.05, 0) is 5.16 Å². The predicted octanol–water partition coefficient (Wildman–Crippen LogP) is 0.540. The summed E-state index contributed by atoms with van der Waals surface area (Å²) in [6, 6.07) is 1.24. The van der Waals surface area contributed by atoms with Crippen molar-refractivity contribution in [3.05, 3.63) is 11.8 Å². The van der Waals surface area contributed by atoms with Gasteiger partial charge in [0.25, 0.3) is 5.88 Å². The van der Waals surface area contributed by atoms with E-state index in [0.29, 0.717) is 6.61 Å². The third-order valence-corrected chi connectivity index (χ3v) is 1.91. The third kappa shape index (κ3) is 1.85. The van der Waals surface area contributed by atoms with E-state index in [0.717, 1.165) is 13.0 Å². The second-order valence-electron chi connectivity index (χ2n) is 2.93. The minimum Gasteiger partial charge on any atom is -0.475 e. The highest BCUT2D eigenvalue weighted by molar-refractivity contribution is 5.84. The average molecular weight is 199 g/mol. The SMILES string of the molecule is O=C(O)c1cc(OCC2CCO2)no1. The summed E-state index contributed by atoms with van der Waals surface area (Å²) in [6.45, 7) is 1.14. The van der Waals surface area contributed by atoms with Gasteiger partial charge in [-0.25, -0.2) is 4.79 Å². The van der Waals surface area contributed by atoms with Crippen LogP contribution < -0.4 is 4.74 Å². The average Bonchev–Trinajstić information content (AvgIpc) is 2.50. The molecule has 1 aliphatic heterocycles. The van der Waals surface area contributed by atoms with Crippen LogP contribution in [-0.4, -0.2) is 35.6 Å². The molecule has 1 fully saturated rings. The summed E-state index contributed by atoms with van der Waals surface area (Å²) in [4.78, 5) is 10.4. The largest absolute Gasteiger partial charge is 0.475 e. The Balaban J connectivity index is 1.86. The highest BCUT2D eigenvalue weighted by Gasteiger charge is 2.20. The lowest BCUT2D eigenvalue weighted by Gasteiger charge is -2.25. The zero-order chi connectivity index (χ0) is 9.97. The predicted molar refractivity (Wildman–Crippen MR) is 43.3 cm³/mol. The second kappa shape index (κ2) is 3.67. The number of aromatic carboxylic acids is 1. The number of carboxylic acid groups (broad SMARTS) is 1. The van der Waals surface area contributed by atoms with Gasteiger partial charge in [0, 0.05) is 13.0 Å². The number of aromatic nitrogens is 1. The topological polar surface area (TPSA) is 81.8 Å². The van der Waals surface area contributed by atoms with Crippen molar-refractivity contribution in [1.29, 1.82) is 0 Å². The first-order valence-corrected chi connectivity index (χ1v) is 4.20. The summed E-state index contributed by atoms with van der Waals surface area (Å²) in [6.07, 6.45) is 1.06. The quantitative estimate of drug-likeness (QED) is 0.762. The van der Waals surface area contributed by atoms with Crippen LogP contribution >= 0.6 is 0 Å². The van der Waals surface area contributed by atoms with Gasteiger partial charge in [-0.1, -0.05) is 0 Å². The summed E-state index contributed by atoms with van der Waals surface area (Å²) in [5, 5.41) is 12.0. The van der Waals surface area contributed by atoms with Crippen LogP contribution in [0.25, 0.3) is 0 Å². The van der Waals surface area contributed by atoms with Crippen molar-refractivity contribution in [2.75, 3.05) is 13.2 Å². The summed E-state index contributed by atoms with van der Waals surface area (Å²) >= 11 is 0. The Labute approximate surface area is 79.4 Å². The van der Waals surface area contributed by atoms with Gasteiger partial charge in [0.1, 0.15) is 6.61 Å². The summed E-state index contributed by atoms with van der Waals surface area (Å²) in [5.41, 5.74) is 0. The van der Waals surface area contributed by atoms with E-state index >= 15 is 0 Å². The van der Waals surface area contributed by atoms with Crippen LogP contribution in [0.5, 0.6) is 5.88 Å². The van der Waals surface area contributed by atoms with Crippen LogP contribution in [0.4, 0.5) is 0 Å². The highest BCUT2D eigenvalue weighted by Crippen LogP contribution is 2.15. The van der Waals surface area contributed by atoms with Gasteiger partial charge >= 0.3 is 5.97 Å². The Morgan fingerprint density at radius 3 is 3.07 bits per heavy atom. The highest BCUT2D eigenvalue weighted by atomic mass is 16.6. The van der Waals surface area contributed by atoms with E-state index in [4.69, 9.17) is 14.6 Å². The molecule has 0 saturated carbocycles. The summed E-state index contributed by atoms with van der Waals surface area (Å²) < 4.78 is 14.7. The number of hydrogen-bond donors (Lipinski definition) is 1. The molecule has 1 N–H and O–H groups in total. The van der Waals surface area contributed by atoms with Crippen molar-refractivity contribution >= 4 is 5.97 Å². The first-order chi connectivity index (χ1) is 6.75. The number of hydrogen-bond acceptors (Lipinski definition) is 5. The van der Waals surface area contributed by atoms with Crippen molar-refractivity contribution in [2.45, 2.75) is 12.5 Å². The molecule has 1 aliphatic rings. The van der Waals surface area contributed by atoms with Gasteiger partial charge in [-0.3, -0.25) is 0 Å². The Morgan fingerprint density at radius 1 is 1.79 bits per heavy atom. The standard InChI is InChI=1S/C8H9NO5/c10-8(11)6-3-7(9-14-6)13-4-5-1-2-12-5/h3,5H,1-2,4H2,(H,10,11). The Bertz CT molecular complexity index is 330. The van der Waals surface area contributed by atoms with Gasteiger partial charge in [0.05, 0.1) is 12.2 Å². The molecule has 2 rings (SSSR count). The van der Waals surface area contributed by atoms with Crippen LogP contribution in [0.1, 0.15) is 17.0 Å². The maximum absolute atomic E-state index is 10.4. The van der Waals surface area contributed by atoms with E-state index in [2.05, 4.69) is 9.68 Å². The fraction of sp³-hybridized carbons (Fsp3) is 0.500. The van der Waals surface area contributed by atoms with E-state index in [1.54, 1.807) is 0 Å². The maximum Gasteiger partial charge on any atom is 0.374 e. The zero-order valence-electron chi connectivity index (χ0n) is 7.30. The fourth-order valence-corrected chi connectivity index (χ4v) is 1.02. The van der Waals surface area contributed by atoms with Crippen LogP contribution in [0.2, 0.25) is 0 Å². The molecule has 0 radical (unpaired) electrons. The van der Waals surface area contributed by atoms with Gasteiger partial charge in [0.15, 0.2) is 0 Å². The minimum atomic E-state index is -1.16. The van der Waals surface area contributed by atoms with E-state index in [-0.39, 0.29) is 17.7 Å². The van der Waals surface area contributed by atoms with E-state index < -0.39 is 5.97 Å². The minimum absolute atomic E-state index is 0.0972. The second-order valence-corrected chi connectivity index (χ2v) is 2.93. The van der Waals surface area contributed by atoms with Crippen molar-refractivity contribution in [3.8, 4) is 5.88 Å². The molecule has 0 bridgehead atoms. The van der Waals surface area contributed by atoms with Gasteiger partial charge in [0.2, 0.25) is 5.76 Å². The molecule has 2 heterocycles.